The highest BCUT2D eigenvalue weighted by molar-refractivity contribution is 7.98. The predicted molar refractivity (Wildman–Crippen MR) is 85.2 cm³/mol. The minimum absolute atomic E-state index is 0.270. The van der Waals surface area contributed by atoms with Crippen LogP contribution in [0, 0.1) is 5.41 Å². The summed E-state index contributed by atoms with van der Waals surface area (Å²) >= 11 is 7.48. The van der Waals surface area contributed by atoms with Crippen LogP contribution in [0.15, 0.2) is 11.2 Å². The van der Waals surface area contributed by atoms with Crippen LogP contribution in [0.4, 0.5) is 5.82 Å². The number of unbranched alkanes of at least 4 members (excludes halogenated alkanes) is 2. The lowest BCUT2D eigenvalue weighted by Crippen LogP contribution is -2.23. The lowest BCUT2D eigenvalue weighted by molar-refractivity contribution is 0.342. The van der Waals surface area contributed by atoms with Gasteiger partial charge in [-0.25, -0.2) is 9.97 Å². The molecule has 0 aromatic carbocycles. The summed E-state index contributed by atoms with van der Waals surface area (Å²) < 4.78 is 0. The Morgan fingerprint density at radius 1 is 1.32 bits per heavy atom. The Bertz CT molecular complexity index is 396. The first-order valence-electron chi connectivity index (χ1n) is 6.79. The molecule has 108 valence electrons. The predicted octanol–water partition coefficient (Wildman–Crippen LogP) is 4.87. The first kappa shape index (κ1) is 16.6. The summed E-state index contributed by atoms with van der Waals surface area (Å²) in [7, 11) is 0. The summed E-state index contributed by atoms with van der Waals surface area (Å²) in [5.74, 6) is 0.813. The van der Waals surface area contributed by atoms with Crippen molar-refractivity contribution in [1.29, 1.82) is 0 Å². The fraction of sp³-hybridized carbons (Fsp3) is 0.714. The first-order chi connectivity index (χ1) is 8.96. The summed E-state index contributed by atoms with van der Waals surface area (Å²) in [6, 6.07) is 1.78. The number of nitrogens with one attached hydrogen (secondary N) is 1. The van der Waals surface area contributed by atoms with Crippen molar-refractivity contribution in [1.82, 2.24) is 9.97 Å². The van der Waals surface area contributed by atoms with Crippen molar-refractivity contribution in [2.45, 2.75) is 51.6 Å². The first-order valence-corrected chi connectivity index (χ1v) is 8.39. The standard InChI is InChI=1S/C14H24ClN3S/c1-5-6-7-8-14(2,3)10-16-12-9-11(15)17-13(18-12)19-4/h9H,5-8,10H2,1-4H3,(H,16,17,18). The second-order valence-electron chi connectivity index (χ2n) is 5.54. The molecule has 1 aromatic heterocycles. The third-order valence-corrected chi connectivity index (χ3v) is 3.80. The number of hydrogen-bond donors (Lipinski definition) is 1. The molecule has 19 heavy (non-hydrogen) atoms. The molecule has 1 rings (SSSR count). The largest absolute Gasteiger partial charge is 0.369 e. The number of aromatic nitrogens is 2. The maximum atomic E-state index is 5.98. The molecular formula is C14H24ClN3S. The molecule has 1 N–H and O–H groups in total. The molecule has 0 aliphatic rings. The molecule has 0 saturated heterocycles. The van der Waals surface area contributed by atoms with Crippen molar-refractivity contribution >= 4 is 29.2 Å². The van der Waals surface area contributed by atoms with Crippen LogP contribution >= 0.6 is 23.4 Å². The average Bonchev–Trinajstić information content (AvgIpc) is 2.36. The zero-order valence-electron chi connectivity index (χ0n) is 12.3. The number of anilines is 1. The van der Waals surface area contributed by atoms with Gasteiger partial charge in [0.2, 0.25) is 0 Å². The van der Waals surface area contributed by atoms with Gasteiger partial charge in [0.05, 0.1) is 0 Å². The summed E-state index contributed by atoms with van der Waals surface area (Å²) in [6.07, 6.45) is 7.03. The highest BCUT2D eigenvalue weighted by Crippen LogP contribution is 2.25. The van der Waals surface area contributed by atoms with Gasteiger partial charge in [0.1, 0.15) is 11.0 Å². The molecule has 0 fully saturated rings. The molecule has 0 unspecified atom stereocenters. The minimum atomic E-state index is 0.270. The average molecular weight is 302 g/mol. The highest BCUT2D eigenvalue weighted by Gasteiger charge is 2.17. The van der Waals surface area contributed by atoms with E-state index in [9.17, 15) is 0 Å². The maximum absolute atomic E-state index is 5.98. The molecule has 1 heterocycles. The van der Waals surface area contributed by atoms with Crippen LogP contribution in [0.2, 0.25) is 5.15 Å². The molecule has 1 aromatic rings. The van der Waals surface area contributed by atoms with E-state index in [0.29, 0.717) is 10.3 Å². The fourth-order valence-corrected chi connectivity index (χ4v) is 2.46. The Kier molecular flexibility index (Phi) is 6.94. The van der Waals surface area contributed by atoms with E-state index in [-0.39, 0.29) is 5.41 Å². The summed E-state index contributed by atoms with van der Waals surface area (Å²) in [4.78, 5) is 8.54. The molecule has 0 aliphatic heterocycles. The number of nitrogens with zero attached hydrogens (tertiary/aromatic N) is 2. The topological polar surface area (TPSA) is 37.8 Å². The Hall–Kier alpha value is -0.480. The molecule has 0 bridgehead atoms. The molecule has 0 aliphatic carbocycles. The van der Waals surface area contributed by atoms with Crippen LogP contribution in [-0.4, -0.2) is 22.8 Å². The Labute approximate surface area is 125 Å². The van der Waals surface area contributed by atoms with Gasteiger partial charge in [0.15, 0.2) is 5.16 Å². The molecule has 0 amide bonds. The Morgan fingerprint density at radius 2 is 2.05 bits per heavy atom. The molecule has 3 nitrogen and oxygen atoms in total. The van der Waals surface area contributed by atoms with Crippen molar-refractivity contribution in [2.24, 2.45) is 5.41 Å². The van der Waals surface area contributed by atoms with Crippen LogP contribution in [0.1, 0.15) is 46.5 Å². The van der Waals surface area contributed by atoms with Crippen LogP contribution < -0.4 is 5.32 Å². The van der Waals surface area contributed by atoms with Gasteiger partial charge in [0.25, 0.3) is 0 Å². The summed E-state index contributed by atoms with van der Waals surface area (Å²) in [5, 5.41) is 4.58. The van der Waals surface area contributed by atoms with Crippen molar-refractivity contribution in [3.8, 4) is 0 Å². The van der Waals surface area contributed by atoms with E-state index in [1.165, 1.54) is 37.4 Å². The van der Waals surface area contributed by atoms with Crippen LogP contribution in [0.25, 0.3) is 0 Å². The lowest BCUT2D eigenvalue weighted by atomic mass is 9.87. The van der Waals surface area contributed by atoms with Gasteiger partial charge in [-0.3, -0.25) is 0 Å². The van der Waals surface area contributed by atoms with Gasteiger partial charge in [-0.2, -0.15) is 0 Å². The highest BCUT2D eigenvalue weighted by atomic mass is 35.5. The molecule has 0 saturated carbocycles. The zero-order valence-corrected chi connectivity index (χ0v) is 13.9. The number of hydrogen-bond acceptors (Lipinski definition) is 4. The third kappa shape index (κ3) is 6.48. The second-order valence-corrected chi connectivity index (χ2v) is 6.70. The van der Waals surface area contributed by atoms with Crippen molar-refractivity contribution < 1.29 is 0 Å². The number of thioether (sulfide) groups is 1. The normalized spacial score (nSPS) is 11.6. The van der Waals surface area contributed by atoms with Gasteiger partial charge in [0, 0.05) is 12.6 Å². The minimum Gasteiger partial charge on any atom is -0.369 e. The fourth-order valence-electron chi connectivity index (χ4n) is 1.85. The van der Waals surface area contributed by atoms with E-state index in [1.54, 1.807) is 6.07 Å². The van der Waals surface area contributed by atoms with E-state index >= 15 is 0 Å². The SMILES string of the molecule is CCCCCC(C)(C)CNc1cc(Cl)nc(SC)n1. The molecule has 5 heteroatoms. The lowest BCUT2D eigenvalue weighted by Gasteiger charge is -2.25. The van der Waals surface area contributed by atoms with Crippen molar-refractivity contribution in [3.05, 3.63) is 11.2 Å². The number of halogens is 1. The smallest absolute Gasteiger partial charge is 0.190 e. The van der Waals surface area contributed by atoms with Gasteiger partial charge in [-0.05, 0) is 18.1 Å². The maximum Gasteiger partial charge on any atom is 0.190 e. The molecule has 0 atom stereocenters. The Morgan fingerprint density at radius 3 is 2.68 bits per heavy atom. The van der Waals surface area contributed by atoms with Gasteiger partial charge < -0.3 is 5.32 Å². The van der Waals surface area contributed by atoms with E-state index in [1.807, 2.05) is 6.26 Å². The molecular weight excluding hydrogens is 278 g/mol. The third-order valence-electron chi connectivity index (χ3n) is 3.06. The number of rotatable bonds is 8. The van der Waals surface area contributed by atoms with E-state index in [2.05, 4.69) is 36.1 Å². The summed E-state index contributed by atoms with van der Waals surface area (Å²) in [5.41, 5.74) is 0.270. The van der Waals surface area contributed by atoms with Gasteiger partial charge >= 0.3 is 0 Å². The van der Waals surface area contributed by atoms with Crippen molar-refractivity contribution in [3.63, 3.8) is 0 Å². The van der Waals surface area contributed by atoms with Crippen LogP contribution in [-0.2, 0) is 0 Å². The quantitative estimate of drug-likeness (QED) is 0.322. The zero-order chi connectivity index (χ0) is 14.3. The summed E-state index contributed by atoms with van der Waals surface area (Å²) in [6.45, 7) is 7.71. The second kappa shape index (κ2) is 7.95. The van der Waals surface area contributed by atoms with E-state index in [0.717, 1.165) is 12.4 Å². The monoisotopic (exact) mass is 301 g/mol. The van der Waals surface area contributed by atoms with Crippen LogP contribution in [0.5, 0.6) is 0 Å². The Balaban J connectivity index is 2.53. The van der Waals surface area contributed by atoms with Gasteiger partial charge in [-0.15, -0.1) is 0 Å². The molecule has 0 spiro atoms. The van der Waals surface area contributed by atoms with Crippen LogP contribution in [0.3, 0.4) is 0 Å². The van der Waals surface area contributed by atoms with E-state index < -0.39 is 0 Å². The van der Waals surface area contributed by atoms with Gasteiger partial charge in [-0.1, -0.05) is 63.4 Å². The van der Waals surface area contributed by atoms with Crippen molar-refractivity contribution in [2.75, 3.05) is 18.1 Å². The molecule has 0 radical (unpaired) electrons. The van der Waals surface area contributed by atoms with E-state index in [4.69, 9.17) is 11.6 Å².